The quantitative estimate of drug-likeness (QED) is 0.875. The second-order valence-corrected chi connectivity index (χ2v) is 5.80. The van der Waals surface area contributed by atoms with Gasteiger partial charge in [-0.3, -0.25) is 4.79 Å². The number of fused-ring (bicyclic) bond motifs is 3. The number of aromatic nitrogens is 1. The van der Waals surface area contributed by atoms with Gasteiger partial charge in [-0.15, -0.1) is 0 Å². The molecule has 4 nitrogen and oxygen atoms in total. The van der Waals surface area contributed by atoms with Crippen LogP contribution in [0.3, 0.4) is 0 Å². The lowest BCUT2D eigenvalue weighted by Crippen LogP contribution is -2.29. The highest BCUT2D eigenvalue weighted by molar-refractivity contribution is 5.88. The summed E-state index contributed by atoms with van der Waals surface area (Å²) in [6.45, 7) is 4.08. The summed E-state index contributed by atoms with van der Waals surface area (Å²) in [7, 11) is 1.65. The number of carboxylic acid groups (broad SMARTS) is 1. The first-order valence-corrected chi connectivity index (χ1v) is 6.97. The molecule has 1 atom stereocenters. The predicted octanol–water partition coefficient (Wildman–Crippen LogP) is 2.72. The van der Waals surface area contributed by atoms with E-state index in [4.69, 9.17) is 0 Å². The monoisotopic (exact) mass is 283 g/mol. The Morgan fingerprint density at radius 3 is 2.71 bits per heavy atom. The first-order valence-electron chi connectivity index (χ1n) is 6.97. The van der Waals surface area contributed by atoms with Gasteiger partial charge in [-0.05, 0) is 42.5 Å². The van der Waals surface area contributed by atoms with Gasteiger partial charge >= 0.3 is 5.97 Å². The number of rotatable bonds is 1. The van der Waals surface area contributed by atoms with Crippen molar-refractivity contribution in [3.05, 3.63) is 56.9 Å². The topological polar surface area (TPSA) is 59.3 Å². The lowest BCUT2D eigenvalue weighted by molar-refractivity contribution is 0.0694. The number of aryl methyl sites for hydroxylation is 1. The molecule has 2 aromatic rings. The van der Waals surface area contributed by atoms with E-state index in [2.05, 4.69) is 25.1 Å². The molecule has 108 valence electrons. The first-order chi connectivity index (χ1) is 9.90. The standard InChI is InChI=1S/C17H17NO3/c1-9-4-5-11-7-10(2)12-8-14(17(20)21)16(19)18(3)15(12)13(11)6-9/h4-6,8,10H,7H2,1-3H3,(H,20,21). The van der Waals surface area contributed by atoms with E-state index in [1.807, 2.05) is 6.92 Å². The van der Waals surface area contributed by atoms with E-state index < -0.39 is 11.5 Å². The molecule has 0 aliphatic heterocycles. The summed E-state index contributed by atoms with van der Waals surface area (Å²) in [5.74, 6) is -0.972. The van der Waals surface area contributed by atoms with Gasteiger partial charge in [-0.2, -0.15) is 0 Å². The number of hydrogen-bond donors (Lipinski definition) is 1. The molecule has 1 unspecified atom stereocenters. The molecule has 0 bridgehead atoms. The van der Waals surface area contributed by atoms with Crippen LogP contribution in [-0.4, -0.2) is 15.6 Å². The highest BCUT2D eigenvalue weighted by Crippen LogP contribution is 2.39. The Morgan fingerprint density at radius 2 is 2.05 bits per heavy atom. The van der Waals surface area contributed by atoms with E-state index in [1.165, 1.54) is 10.1 Å². The number of aromatic carboxylic acids is 1. The Labute approximate surface area is 122 Å². The van der Waals surface area contributed by atoms with Crippen LogP contribution in [0.5, 0.6) is 0 Å². The maximum absolute atomic E-state index is 12.3. The van der Waals surface area contributed by atoms with Crippen LogP contribution in [0.1, 0.15) is 39.9 Å². The van der Waals surface area contributed by atoms with Gasteiger partial charge in [0.15, 0.2) is 0 Å². The van der Waals surface area contributed by atoms with Crippen LogP contribution >= 0.6 is 0 Å². The first kappa shape index (κ1) is 13.6. The smallest absolute Gasteiger partial charge is 0.341 e. The molecule has 1 aromatic heterocycles. The van der Waals surface area contributed by atoms with Gasteiger partial charge < -0.3 is 9.67 Å². The van der Waals surface area contributed by atoms with E-state index in [0.29, 0.717) is 0 Å². The largest absolute Gasteiger partial charge is 0.477 e. The molecule has 0 radical (unpaired) electrons. The van der Waals surface area contributed by atoms with Crippen LogP contribution in [0.25, 0.3) is 11.3 Å². The van der Waals surface area contributed by atoms with Crippen LogP contribution in [0.15, 0.2) is 29.1 Å². The summed E-state index contributed by atoms with van der Waals surface area (Å²) in [5.41, 5.74) is 4.55. The summed E-state index contributed by atoms with van der Waals surface area (Å²) < 4.78 is 1.48. The molecule has 3 rings (SSSR count). The second kappa shape index (κ2) is 4.58. The van der Waals surface area contributed by atoms with E-state index in [9.17, 15) is 14.7 Å². The highest BCUT2D eigenvalue weighted by Gasteiger charge is 2.27. The van der Waals surface area contributed by atoms with Crippen molar-refractivity contribution in [1.29, 1.82) is 0 Å². The Morgan fingerprint density at radius 1 is 1.33 bits per heavy atom. The van der Waals surface area contributed by atoms with Gasteiger partial charge in [0.1, 0.15) is 5.56 Å². The summed E-state index contributed by atoms with van der Waals surface area (Å²) in [6, 6.07) is 7.79. The third kappa shape index (κ3) is 1.98. The third-order valence-electron chi connectivity index (χ3n) is 4.25. The predicted molar refractivity (Wildman–Crippen MR) is 80.9 cm³/mol. The number of benzene rings is 1. The molecule has 0 saturated carbocycles. The molecule has 1 aliphatic rings. The average Bonchev–Trinajstić information content (AvgIpc) is 2.42. The second-order valence-electron chi connectivity index (χ2n) is 5.80. The van der Waals surface area contributed by atoms with Crippen LogP contribution in [0.4, 0.5) is 0 Å². The Balaban J connectivity index is 2.40. The summed E-state index contributed by atoms with van der Waals surface area (Å²) >= 11 is 0. The van der Waals surface area contributed by atoms with Crippen molar-refractivity contribution >= 4 is 5.97 Å². The molecule has 0 amide bonds. The normalized spacial score (nSPS) is 16.2. The fraction of sp³-hybridized carbons (Fsp3) is 0.294. The molecule has 21 heavy (non-hydrogen) atoms. The Kier molecular flexibility index (Phi) is 2.97. The molecule has 4 heteroatoms. The van der Waals surface area contributed by atoms with Gasteiger partial charge in [0.2, 0.25) is 0 Å². The number of hydrogen-bond acceptors (Lipinski definition) is 2. The van der Waals surface area contributed by atoms with Crippen molar-refractivity contribution in [3.63, 3.8) is 0 Å². The van der Waals surface area contributed by atoms with Crippen LogP contribution < -0.4 is 5.56 Å². The maximum atomic E-state index is 12.3. The minimum Gasteiger partial charge on any atom is -0.477 e. The molecule has 1 N–H and O–H groups in total. The van der Waals surface area contributed by atoms with Crippen molar-refractivity contribution in [3.8, 4) is 11.3 Å². The number of carbonyl (C=O) groups is 1. The molecule has 1 heterocycles. The molecule has 0 saturated heterocycles. The minimum absolute atomic E-state index is 0.154. The Bertz CT molecular complexity index is 818. The van der Waals surface area contributed by atoms with E-state index in [1.54, 1.807) is 13.1 Å². The SMILES string of the molecule is Cc1ccc2c(c1)-c1c(cc(C(=O)O)c(=O)n1C)C(C)C2. The van der Waals surface area contributed by atoms with Gasteiger partial charge in [-0.1, -0.05) is 24.6 Å². The zero-order valence-corrected chi connectivity index (χ0v) is 12.3. The fourth-order valence-electron chi connectivity index (χ4n) is 3.16. The van der Waals surface area contributed by atoms with Crippen LogP contribution in [0, 0.1) is 6.92 Å². The van der Waals surface area contributed by atoms with Crippen LogP contribution in [0.2, 0.25) is 0 Å². The summed E-state index contributed by atoms with van der Waals surface area (Å²) in [4.78, 5) is 23.5. The summed E-state index contributed by atoms with van der Waals surface area (Å²) in [5, 5.41) is 9.20. The van der Waals surface area contributed by atoms with E-state index in [0.717, 1.165) is 28.8 Å². The number of nitrogens with zero attached hydrogens (tertiary/aromatic N) is 1. The average molecular weight is 283 g/mol. The number of pyridine rings is 1. The molecule has 0 spiro atoms. The lowest BCUT2D eigenvalue weighted by atomic mass is 9.81. The van der Waals surface area contributed by atoms with Gasteiger partial charge in [-0.25, -0.2) is 4.79 Å². The zero-order chi connectivity index (χ0) is 15.3. The molecular formula is C17H17NO3. The van der Waals surface area contributed by atoms with Crippen molar-refractivity contribution in [1.82, 2.24) is 4.57 Å². The third-order valence-corrected chi connectivity index (χ3v) is 4.25. The zero-order valence-electron chi connectivity index (χ0n) is 12.3. The fourth-order valence-corrected chi connectivity index (χ4v) is 3.16. The van der Waals surface area contributed by atoms with E-state index >= 15 is 0 Å². The van der Waals surface area contributed by atoms with Crippen molar-refractivity contribution < 1.29 is 9.90 Å². The van der Waals surface area contributed by atoms with Gasteiger partial charge in [0.25, 0.3) is 5.56 Å². The number of carboxylic acids is 1. The Hall–Kier alpha value is -2.36. The molecule has 1 aliphatic carbocycles. The lowest BCUT2D eigenvalue weighted by Gasteiger charge is -2.27. The van der Waals surface area contributed by atoms with Gasteiger partial charge in [0, 0.05) is 12.6 Å². The van der Waals surface area contributed by atoms with Crippen molar-refractivity contribution in [2.24, 2.45) is 7.05 Å². The van der Waals surface area contributed by atoms with Crippen molar-refractivity contribution in [2.45, 2.75) is 26.2 Å². The summed E-state index contributed by atoms with van der Waals surface area (Å²) in [6.07, 6.45) is 0.861. The van der Waals surface area contributed by atoms with Crippen LogP contribution in [-0.2, 0) is 13.5 Å². The molecule has 1 aromatic carbocycles. The van der Waals surface area contributed by atoms with Crippen molar-refractivity contribution in [2.75, 3.05) is 0 Å². The van der Waals surface area contributed by atoms with E-state index in [-0.39, 0.29) is 11.5 Å². The molecule has 0 fully saturated rings. The highest BCUT2D eigenvalue weighted by atomic mass is 16.4. The molecular weight excluding hydrogens is 266 g/mol. The maximum Gasteiger partial charge on any atom is 0.341 e. The minimum atomic E-state index is -1.17. The van der Waals surface area contributed by atoms with Gasteiger partial charge in [0.05, 0.1) is 5.69 Å².